The van der Waals surface area contributed by atoms with E-state index in [0.29, 0.717) is 28.6 Å². The Kier molecular flexibility index (Phi) is 4.48. The van der Waals surface area contributed by atoms with Crippen LogP contribution in [0.1, 0.15) is 10.4 Å². The van der Waals surface area contributed by atoms with Crippen LogP contribution in [0.2, 0.25) is 0 Å². The molecule has 3 aromatic rings. The Hall–Kier alpha value is -3.43. The molecule has 0 fully saturated rings. The first kappa shape index (κ1) is 18.9. The number of benzene rings is 2. The van der Waals surface area contributed by atoms with Crippen molar-refractivity contribution in [2.75, 3.05) is 29.2 Å². The third-order valence-corrected chi connectivity index (χ3v) is 5.81. The summed E-state index contributed by atoms with van der Waals surface area (Å²) in [5.74, 6) is 1.10. The molecule has 4 N–H and O–H groups in total. The van der Waals surface area contributed by atoms with Gasteiger partial charge in [0.15, 0.2) is 5.82 Å². The molecule has 1 aliphatic heterocycles. The standard InChI is InChI=1S/C20H19N5O3S/c1-24-16-6-4-3-5-15(16)20(26)25(2)17-11-12-18(23-19(17)24)22-13-7-9-14(10-8-13)29(21,27)28/h3-12H,1-2H3,(H,22,23)(H2,21,27,28)/p+1. The summed E-state index contributed by atoms with van der Waals surface area (Å²) < 4.78 is 23.0. The average molecular weight is 410 g/mol. The van der Waals surface area contributed by atoms with Crippen molar-refractivity contribution >= 4 is 44.6 Å². The van der Waals surface area contributed by atoms with Gasteiger partial charge in [0, 0.05) is 19.8 Å². The molecule has 1 aliphatic rings. The molecule has 8 nitrogen and oxygen atoms in total. The molecule has 29 heavy (non-hydrogen) atoms. The summed E-state index contributed by atoms with van der Waals surface area (Å²) in [5.41, 5.74) is 2.76. The van der Waals surface area contributed by atoms with Gasteiger partial charge in [0.1, 0.15) is 10.7 Å². The molecule has 0 aliphatic carbocycles. The molecular weight excluding hydrogens is 390 g/mol. The van der Waals surface area contributed by atoms with E-state index in [4.69, 9.17) is 4.98 Å². The number of hydrogen-bond donors (Lipinski definition) is 2. The largest absolute Gasteiger partial charge is 0.340 e. The number of hydrogen-bond acceptors (Lipinski definition) is 6. The van der Waals surface area contributed by atoms with Gasteiger partial charge >= 0.3 is 10.0 Å². The second-order valence-corrected chi connectivity index (χ2v) is 8.44. The van der Waals surface area contributed by atoms with Crippen LogP contribution < -0.4 is 20.3 Å². The zero-order valence-electron chi connectivity index (χ0n) is 16.0. The Morgan fingerprint density at radius 2 is 1.59 bits per heavy atom. The Bertz CT molecular complexity index is 1210. The number of aromatic nitrogens is 1. The maximum absolute atomic E-state index is 12.8. The third-order valence-electron chi connectivity index (χ3n) is 4.82. The molecule has 0 spiro atoms. The SMILES string of the molecule is CN1C(=O)c2ccccc2N(C)c2nc(Nc3ccc(S([NH3+])(=O)=O)cc3)ccc21. The normalized spacial score (nSPS) is 13.6. The van der Waals surface area contributed by atoms with Crippen LogP contribution in [0.25, 0.3) is 0 Å². The Balaban J connectivity index is 1.71. The lowest BCUT2D eigenvalue weighted by Crippen LogP contribution is -2.56. The zero-order chi connectivity index (χ0) is 20.8. The highest BCUT2D eigenvalue weighted by Crippen LogP contribution is 2.38. The summed E-state index contributed by atoms with van der Waals surface area (Å²) in [6, 6.07) is 17.3. The maximum atomic E-state index is 12.8. The Morgan fingerprint density at radius 3 is 2.28 bits per heavy atom. The van der Waals surface area contributed by atoms with Gasteiger partial charge < -0.3 is 15.1 Å². The number of carbonyl (C=O) groups excluding carboxylic acids is 1. The average Bonchev–Trinajstić information content (AvgIpc) is 2.78. The lowest BCUT2D eigenvalue weighted by Gasteiger charge is -2.22. The smallest absolute Gasteiger partial charge is 0.322 e. The number of amides is 1. The Labute approximate surface area is 168 Å². The summed E-state index contributed by atoms with van der Waals surface area (Å²) in [5, 5.41) is 6.32. The number of quaternary nitrogens is 1. The van der Waals surface area contributed by atoms with Gasteiger partial charge in [-0.1, -0.05) is 12.1 Å². The third kappa shape index (κ3) is 3.41. The van der Waals surface area contributed by atoms with E-state index in [9.17, 15) is 13.2 Å². The Morgan fingerprint density at radius 1 is 0.897 bits per heavy atom. The highest BCUT2D eigenvalue weighted by atomic mass is 32.2. The molecule has 2 aromatic carbocycles. The lowest BCUT2D eigenvalue weighted by molar-refractivity contribution is -0.164. The number of rotatable bonds is 3. The first-order valence-electron chi connectivity index (χ1n) is 8.83. The number of pyridine rings is 1. The highest BCUT2D eigenvalue weighted by Gasteiger charge is 2.28. The molecule has 2 heterocycles. The molecule has 0 atom stereocenters. The summed E-state index contributed by atoms with van der Waals surface area (Å²) in [6.45, 7) is 0. The number of fused-ring (bicyclic) bond motifs is 2. The van der Waals surface area contributed by atoms with Crippen LogP contribution in [0, 0.1) is 0 Å². The summed E-state index contributed by atoms with van der Waals surface area (Å²) in [7, 11) is 0.103. The molecule has 0 saturated heterocycles. The number of nitrogens with zero attached hydrogens (tertiary/aromatic N) is 3. The van der Waals surface area contributed by atoms with Gasteiger partial charge in [0.25, 0.3) is 5.91 Å². The summed E-state index contributed by atoms with van der Waals surface area (Å²) >= 11 is 0. The van der Waals surface area contributed by atoms with Crippen LogP contribution in [0.15, 0.2) is 65.6 Å². The molecule has 1 amide bonds. The minimum Gasteiger partial charge on any atom is -0.340 e. The van der Waals surface area contributed by atoms with Gasteiger partial charge in [-0.25, -0.2) is 10.1 Å². The predicted molar refractivity (Wildman–Crippen MR) is 111 cm³/mol. The van der Waals surface area contributed by atoms with Crippen molar-refractivity contribution < 1.29 is 18.4 Å². The molecule has 0 bridgehead atoms. The minimum absolute atomic E-state index is 0.0984. The monoisotopic (exact) mass is 410 g/mol. The van der Waals surface area contributed by atoms with Gasteiger partial charge in [-0.15, -0.1) is 0 Å². The second kappa shape index (κ2) is 6.87. The first-order chi connectivity index (χ1) is 13.8. The molecular formula is C20H20N5O3S+. The summed E-state index contributed by atoms with van der Waals surface area (Å²) in [6.07, 6.45) is 0. The van der Waals surface area contributed by atoms with Crippen molar-refractivity contribution in [3.63, 3.8) is 0 Å². The number of anilines is 5. The van der Waals surface area contributed by atoms with Crippen LogP contribution in [-0.4, -0.2) is 33.4 Å². The number of carbonyl (C=O) groups is 1. The van der Waals surface area contributed by atoms with Gasteiger partial charge in [-0.2, -0.15) is 8.42 Å². The van der Waals surface area contributed by atoms with Crippen molar-refractivity contribution in [3.05, 3.63) is 66.2 Å². The first-order valence-corrected chi connectivity index (χ1v) is 10.5. The molecule has 1 aromatic heterocycles. The fourth-order valence-electron chi connectivity index (χ4n) is 3.26. The van der Waals surface area contributed by atoms with Gasteiger partial charge in [-0.3, -0.25) is 4.79 Å². The molecule has 4 rings (SSSR count). The molecule has 0 radical (unpaired) electrons. The van der Waals surface area contributed by atoms with E-state index >= 15 is 0 Å². The van der Waals surface area contributed by atoms with Crippen molar-refractivity contribution in [2.24, 2.45) is 0 Å². The van der Waals surface area contributed by atoms with E-state index in [1.54, 1.807) is 36.2 Å². The predicted octanol–water partition coefficient (Wildman–Crippen LogP) is 2.11. The maximum Gasteiger partial charge on any atom is 0.322 e. The van der Waals surface area contributed by atoms with Crippen LogP contribution in [0.5, 0.6) is 0 Å². The molecule has 0 saturated carbocycles. The summed E-state index contributed by atoms with van der Waals surface area (Å²) in [4.78, 5) is 21.1. The van der Waals surface area contributed by atoms with Crippen LogP contribution in [0.4, 0.5) is 28.7 Å². The van der Waals surface area contributed by atoms with E-state index in [1.807, 2.05) is 36.2 Å². The fourth-order valence-corrected chi connectivity index (χ4v) is 3.81. The second-order valence-electron chi connectivity index (χ2n) is 6.74. The molecule has 0 unspecified atom stereocenters. The van der Waals surface area contributed by atoms with Crippen molar-refractivity contribution in [3.8, 4) is 0 Å². The van der Waals surface area contributed by atoms with Crippen LogP contribution in [-0.2, 0) is 10.0 Å². The number of sulfonamides is 1. The van der Waals surface area contributed by atoms with Gasteiger partial charge in [-0.05, 0) is 48.5 Å². The molecule has 148 valence electrons. The van der Waals surface area contributed by atoms with Crippen molar-refractivity contribution in [2.45, 2.75) is 4.90 Å². The van der Waals surface area contributed by atoms with Crippen molar-refractivity contribution in [1.82, 2.24) is 4.98 Å². The van der Waals surface area contributed by atoms with E-state index in [2.05, 4.69) is 10.5 Å². The van der Waals surface area contributed by atoms with E-state index in [-0.39, 0.29) is 10.8 Å². The molecule has 9 heteroatoms. The number of nitrogens with one attached hydrogen (secondary N) is 1. The zero-order valence-corrected chi connectivity index (χ0v) is 16.8. The van der Waals surface area contributed by atoms with Crippen LogP contribution >= 0.6 is 0 Å². The van der Waals surface area contributed by atoms with E-state index < -0.39 is 10.0 Å². The van der Waals surface area contributed by atoms with Crippen molar-refractivity contribution in [1.29, 1.82) is 0 Å². The van der Waals surface area contributed by atoms with Gasteiger partial charge in [0.2, 0.25) is 0 Å². The highest BCUT2D eigenvalue weighted by molar-refractivity contribution is 7.84. The fraction of sp³-hybridized carbons (Fsp3) is 0.100. The van der Waals surface area contributed by atoms with Crippen LogP contribution in [0.3, 0.4) is 0 Å². The van der Waals surface area contributed by atoms with Gasteiger partial charge in [0.05, 0.1) is 16.9 Å². The number of para-hydroxylation sites is 1. The lowest BCUT2D eigenvalue weighted by atomic mass is 10.1. The van der Waals surface area contributed by atoms with E-state index in [0.717, 1.165) is 5.69 Å². The topological polar surface area (TPSA) is 110 Å². The minimum atomic E-state index is -3.49. The van der Waals surface area contributed by atoms with E-state index in [1.165, 1.54) is 12.1 Å². The quantitative estimate of drug-likeness (QED) is 0.684.